The summed E-state index contributed by atoms with van der Waals surface area (Å²) in [6.07, 6.45) is 57.9. The van der Waals surface area contributed by atoms with Crippen LogP contribution in [0.4, 0.5) is 0 Å². The van der Waals surface area contributed by atoms with Crippen LogP contribution in [0, 0.1) is 17.8 Å². The summed E-state index contributed by atoms with van der Waals surface area (Å²) in [6, 6.07) is 0. The molecule has 0 bridgehead atoms. The molecule has 19 heteroatoms. The number of carbonyl (C=O) groups is 4. The van der Waals surface area contributed by atoms with Crippen LogP contribution < -0.4 is 0 Å². The molecule has 0 rings (SSSR count). The van der Waals surface area contributed by atoms with Crippen LogP contribution in [0.15, 0.2) is 24.3 Å². The minimum Gasteiger partial charge on any atom is -0.462 e. The van der Waals surface area contributed by atoms with Crippen LogP contribution in [0.1, 0.15) is 376 Å². The molecular weight excluding hydrogens is 1270 g/mol. The molecule has 6 atom stereocenters. The van der Waals surface area contributed by atoms with E-state index < -0.39 is 97.5 Å². The van der Waals surface area contributed by atoms with Gasteiger partial charge in [0.1, 0.15) is 19.3 Å². The van der Waals surface area contributed by atoms with Crippen molar-refractivity contribution < 1.29 is 80.2 Å². The van der Waals surface area contributed by atoms with Crippen LogP contribution in [0.3, 0.4) is 0 Å². The van der Waals surface area contributed by atoms with Crippen molar-refractivity contribution in [2.45, 2.75) is 394 Å². The van der Waals surface area contributed by atoms with Crippen LogP contribution in [0.25, 0.3) is 0 Å². The predicted molar refractivity (Wildman–Crippen MR) is 395 cm³/mol. The van der Waals surface area contributed by atoms with Gasteiger partial charge in [-0.3, -0.25) is 37.3 Å². The van der Waals surface area contributed by atoms with Crippen LogP contribution in [0.2, 0.25) is 0 Å². The molecule has 97 heavy (non-hydrogen) atoms. The average Bonchev–Trinajstić information content (AvgIpc) is 1.40. The van der Waals surface area contributed by atoms with Crippen LogP contribution >= 0.6 is 15.6 Å². The summed E-state index contributed by atoms with van der Waals surface area (Å²) < 4.78 is 68.5. The van der Waals surface area contributed by atoms with Crippen molar-refractivity contribution in [1.82, 2.24) is 0 Å². The second-order valence-corrected chi connectivity index (χ2v) is 31.5. The molecule has 0 aromatic heterocycles. The van der Waals surface area contributed by atoms with E-state index in [1.165, 1.54) is 167 Å². The lowest BCUT2D eigenvalue weighted by molar-refractivity contribution is -0.161. The molecule has 0 saturated carbocycles. The van der Waals surface area contributed by atoms with Gasteiger partial charge >= 0.3 is 39.5 Å². The molecule has 17 nitrogen and oxygen atoms in total. The molecule has 0 aliphatic heterocycles. The summed E-state index contributed by atoms with van der Waals surface area (Å²) in [5, 5.41) is 10.6. The molecule has 0 heterocycles. The topological polar surface area (TPSA) is 237 Å². The number of phosphoric ester groups is 2. The van der Waals surface area contributed by atoms with E-state index in [2.05, 4.69) is 72.8 Å². The minimum absolute atomic E-state index is 0.0850. The number of hydrogen-bond donors (Lipinski definition) is 3. The second kappa shape index (κ2) is 68.0. The number of rotatable bonds is 74. The quantitative estimate of drug-likeness (QED) is 0.0169. The average molecular weight is 1420 g/mol. The Bertz CT molecular complexity index is 1980. The molecule has 572 valence electrons. The fourth-order valence-electron chi connectivity index (χ4n) is 11.4. The maximum atomic E-state index is 13.1. The molecule has 3 N–H and O–H groups in total. The Morgan fingerprint density at radius 1 is 0.340 bits per heavy atom. The first kappa shape index (κ1) is 94.5. The molecule has 0 aliphatic carbocycles. The standard InChI is InChI=1S/C78H148O17P2/c1-8-10-11-12-13-14-15-16-21-26-29-32-38-47-54-61-77(82)94-73(65-88-75(80)59-52-45-37-31-28-25-23-20-18-17-19-22-24-27-30-35-42-49-56-69(3)4)67-92-96(84,85)90-63-72(79)64-91-97(86,87)93-68-74(66-89-76(81)60-53-46-41-40-44-51-58-71(7)9-2)95-78(83)62-55-48-39-34-33-36-43-50-57-70(5)6/h14-16,21,69-74,79H,8-13,17-20,22-68H2,1-7H3,(H,84,85)(H,86,87)/b15-14-,21-16-/t71?,72-,73-,74-/m1/s1. The van der Waals surface area contributed by atoms with Crippen molar-refractivity contribution in [1.29, 1.82) is 0 Å². The van der Waals surface area contributed by atoms with Crippen molar-refractivity contribution in [3.8, 4) is 0 Å². The molecule has 3 unspecified atom stereocenters. The maximum absolute atomic E-state index is 13.1. The molecule has 0 amide bonds. The minimum atomic E-state index is -4.97. The van der Waals surface area contributed by atoms with Crippen molar-refractivity contribution in [2.24, 2.45) is 17.8 Å². The van der Waals surface area contributed by atoms with E-state index >= 15 is 0 Å². The monoisotopic (exact) mass is 1420 g/mol. The Kier molecular flexibility index (Phi) is 66.3. The van der Waals surface area contributed by atoms with E-state index in [9.17, 15) is 43.2 Å². The van der Waals surface area contributed by atoms with Gasteiger partial charge in [0.2, 0.25) is 0 Å². The van der Waals surface area contributed by atoms with Crippen LogP contribution in [-0.4, -0.2) is 96.7 Å². The van der Waals surface area contributed by atoms with Gasteiger partial charge in [-0.2, -0.15) is 0 Å². The SMILES string of the molecule is CCCCCC/C=C\C=C/CCCCCCCC(=O)O[C@H](COC(=O)CCCCCCCCCCCCCCCCCCCCC(C)C)COP(=O)(O)OC[C@@H](O)COP(=O)(O)OC[C@@H](COC(=O)CCCCCCCCC(C)CC)OC(=O)CCCCCCCCCCC(C)C. The first-order valence-electron chi connectivity index (χ1n) is 39.7. The molecule has 0 saturated heterocycles. The Labute approximate surface area is 592 Å². The largest absolute Gasteiger partial charge is 0.472 e. The fourth-order valence-corrected chi connectivity index (χ4v) is 13.0. The summed E-state index contributed by atoms with van der Waals surface area (Å²) in [7, 11) is -9.93. The zero-order chi connectivity index (χ0) is 71.6. The lowest BCUT2D eigenvalue weighted by Gasteiger charge is -2.21. The third-order valence-corrected chi connectivity index (χ3v) is 19.8. The van der Waals surface area contributed by atoms with Gasteiger partial charge in [-0.05, 0) is 69.1 Å². The lowest BCUT2D eigenvalue weighted by atomic mass is 10.00. The van der Waals surface area contributed by atoms with E-state index in [1.807, 2.05) is 0 Å². The number of carbonyl (C=O) groups excluding carboxylic acids is 4. The number of unbranched alkanes of at least 4 members (excludes halogenated alkanes) is 38. The van der Waals surface area contributed by atoms with Gasteiger partial charge in [0, 0.05) is 25.7 Å². The normalized spacial score (nSPS) is 14.5. The number of esters is 4. The van der Waals surface area contributed by atoms with Crippen molar-refractivity contribution >= 4 is 39.5 Å². The highest BCUT2D eigenvalue weighted by atomic mass is 31.2. The number of allylic oxidation sites excluding steroid dienone is 4. The van der Waals surface area contributed by atoms with Gasteiger partial charge in [-0.25, -0.2) is 9.13 Å². The zero-order valence-corrected chi connectivity index (χ0v) is 64.8. The summed E-state index contributed by atoms with van der Waals surface area (Å²) in [5.74, 6) is 0.117. The van der Waals surface area contributed by atoms with E-state index in [1.54, 1.807) is 0 Å². The molecular formula is C78H148O17P2. The predicted octanol–water partition coefficient (Wildman–Crippen LogP) is 22.5. The Morgan fingerprint density at radius 3 is 0.918 bits per heavy atom. The van der Waals surface area contributed by atoms with Crippen molar-refractivity contribution in [3.63, 3.8) is 0 Å². The molecule has 0 aromatic rings. The summed E-state index contributed by atoms with van der Waals surface area (Å²) in [6.45, 7) is 11.8. The van der Waals surface area contributed by atoms with Gasteiger partial charge in [0.25, 0.3) is 0 Å². The Morgan fingerprint density at radius 2 is 0.608 bits per heavy atom. The fraction of sp³-hybridized carbons (Fsp3) is 0.897. The lowest BCUT2D eigenvalue weighted by Crippen LogP contribution is -2.30. The molecule has 0 aromatic carbocycles. The number of aliphatic hydroxyl groups is 1. The second-order valence-electron chi connectivity index (χ2n) is 28.6. The van der Waals surface area contributed by atoms with Crippen LogP contribution in [-0.2, 0) is 65.4 Å². The molecule has 0 aliphatic rings. The highest BCUT2D eigenvalue weighted by Crippen LogP contribution is 2.45. The first-order chi connectivity index (χ1) is 46.8. The highest BCUT2D eigenvalue weighted by Gasteiger charge is 2.30. The van der Waals surface area contributed by atoms with Crippen molar-refractivity contribution in [2.75, 3.05) is 39.6 Å². The summed E-state index contributed by atoms with van der Waals surface area (Å²) in [4.78, 5) is 72.8. The first-order valence-corrected chi connectivity index (χ1v) is 42.7. The van der Waals surface area contributed by atoms with E-state index in [0.29, 0.717) is 31.6 Å². The van der Waals surface area contributed by atoms with Crippen LogP contribution in [0.5, 0.6) is 0 Å². The van der Waals surface area contributed by atoms with E-state index in [-0.39, 0.29) is 25.7 Å². The third-order valence-electron chi connectivity index (χ3n) is 17.9. The van der Waals surface area contributed by atoms with Gasteiger partial charge in [-0.1, -0.05) is 323 Å². The smallest absolute Gasteiger partial charge is 0.462 e. The van der Waals surface area contributed by atoms with Gasteiger partial charge in [0.05, 0.1) is 26.4 Å². The zero-order valence-electron chi connectivity index (χ0n) is 63.0. The molecule has 0 radical (unpaired) electrons. The number of ether oxygens (including phenoxy) is 4. The van der Waals surface area contributed by atoms with Gasteiger partial charge in [0.15, 0.2) is 12.2 Å². The Hall–Kier alpha value is -2.46. The third kappa shape index (κ3) is 70.4. The summed E-state index contributed by atoms with van der Waals surface area (Å²) >= 11 is 0. The Balaban J connectivity index is 5.23. The molecule has 0 spiro atoms. The number of aliphatic hydroxyl groups excluding tert-OH is 1. The summed E-state index contributed by atoms with van der Waals surface area (Å²) in [5.41, 5.74) is 0. The highest BCUT2D eigenvalue weighted by molar-refractivity contribution is 7.47. The molecule has 0 fully saturated rings. The van der Waals surface area contributed by atoms with E-state index in [0.717, 1.165) is 121 Å². The number of phosphoric acid groups is 2. The van der Waals surface area contributed by atoms with Crippen molar-refractivity contribution in [3.05, 3.63) is 24.3 Å². The van der Waals surface area contributed by atoms with E-state index in [4.69, 9.17) is 37.0 Å². The van der Waals surface area contributed by atoms with Gasteiger partial charge < -0.3 is 33.8 Å². The maximum Gasteiger partial charge on any atom is 0.472 e. The van der Waals surface area contributed by atoms with Gasteiger partial charge in [-0.15, -0.1) is 0 Å². The number of hydrogen-bond acceptors (Lipinski definition) is 15.